The smallest absolute Gasteiger partial charge is 0.344 e. The van der Waals surface area contributed by atoms with Gasteiger partial charge in [-0.3, -0.25) is 14.9 Å². The van der Waals surface area contributed by atoms with Gasteiger partial charge in [-0.15, -0.1) is 0 Å². The second kappa shape index (κ2) is 9.17. The molecule has 1 N–H and O–H groups in total. The van der Waals surface area contributed by atoms with Crippen LogP contribution >= 0.6 is 0 Å². The Balaban J connectivity index is 1.69. The highest BCUT2D eigenvalue weighted by atomic mass is 16.6. The maximum Gasteiger partial charge on any atom is 0.344 e. The second-order valence-electron chi connectivity index (χ2n) is 6.64. The van der Waals surface area contributed by atoms with Crippen molar-refractivity contribution in [1.82, 2.24) is 5.32 Å². The van der Waals surface area contributed by atoms with Crippen LogP contribution in [0.4, 0.5) is 5.69 Å². The van der Waals surface area contributed by atoms with E-state index in [1.807, 2.05) is 0 Å². The summed E-state index contributed by atoms with van der Waals surface area (Å²) < 4.78 is 10.1. The van der Waals surface area contributed by atoms with Crippen LogP contribution in [0.2, 0.25) is 0 Å². The van der Waals surface area contributed by atoms with E-state index in [0.29, 0.717) is 17.6 Å². The summed E-state index contributed by atoms with van der Waals surface area (Å²) in [7, 11) is 0. The lowest BCUT2D eigenvalue weighted by Gasteiger charge is -2.34. The van der Waals surface area contributed by atoms with Gasteiger partial charge in [0, 0.05) is 18.2 Å². The number of nitro benzene ring substituents is 1. The summed E-state index contributed by atoms with van der Waals surface area (Å²) in [6.45, 7) is 3.58. The van der Waals surface area contributed by atoms with Gasteiger partial charge in [-0.25, -0.2) is 4.79 Å². The molecule has 1 aliphatic carbocycles. The standard InChI is InChI=1S/C18H24N2O6/c1-12-4-3-5-16(13(12)2)19-17(21)10-26-18(22)11-25-15-8-6-14(7-9-15)20(23)24/h6-9,12-13,16H,3-5,10-11H2,1-2H3,(H,19,21)/t12-,13-,16-/m1/s1. The van der Waals surface area contributed by atoms with Gasteiger partial charge in [0.05, 0.1) is 4.92 Å². The number of hydrogen-bond donors (Lipinski definition) is 1. The van der Waals surface area contributed by atoms with E-state index < -0.39 is 10.9 Å². The van der Waals surface area contributed by atoms with Crippen molar-refractivity contribution in [3.63, 3.8) is 0 Å². The summed E-state index contributed by atoms with van der Waals surface area (Å²) in [5.41, 5.74) is -0.0668. The summed E-state index contributed by atoms with van der Waals surface area (Å²) in [4.78, 5) is 33.7. The lowest BCUT2D eigenvalue weighted by atomic mass is 9.78. The van der Waals surface area contributed by atoms with Crippen LogP contribution in [-0.2, 0) is 14.3 Å². The van der Waals surface area contributed by atoms with Crippen LogP contribution in [0.1, 0.15) is 33.1 Å². The minimum Gasteiger partial charge on any atom is -0.482 e. The van der Waals surface area contributed by atoms with Crippen LogP contribution in [-0.4, -0.2) is 36.1 Å². The quantitative estimate of drug-likeness (QED) is 0.452. The topological polar surface area (TPSA) is 108 Å². The lowest BCUT2D eigenvalue weighted by molar-refractivity contribution is -0.384. The number of benzene rings is 1. The first kappa shape index (κ1) is 19.7. The number of rotatable bonds is 7. The average Bonchev–Trinajstić information content (AvgIpc) is 2.62. The average molecular weight is 364 g/mol. The van der Waals surface area contributed by atoms with Crippen LogP contribution in [0.5, 0.6) is 5.75 Å². The third-order valence-electron chi connectivity index (χ3n) is 4.82. The van der Waals surface area contributed by atoms with Crippen LogP contribution < -0.4 is 10.1 Å². The molecule has 0 saturated heterocycles. The van der Waals surface area contributed by atoms with E-state index in [9.17, 15) is 19.7 Å². The number of non-ortho nitro benzene ring substituents is 1. The first-order chi connectivity index (χ1) is 12.4. The number of ether oxygens (including phenoxy) is 2. The summed E-state index contributed by atoms with van der Waals surface area (Å²) in [6, 6.07) is 5.45. The predicted octanol–water partition coefficient (Wildman–Crippen LogP) is 2.46. The molecule has 1 amide bonds. The van der Waals surface area contributed by atoms with Crippen molar-refractivity contribution in [2.45, 2.75) is 39.2 Å². The Bertz CT molecular complexity index is 646. The minimum absolute atomic E-state index is 0.0668. The Morgan fingerprint density at radius 3 is 2.54 bits per heavy atom. The fourth-order valence-corrected chi connectivity index (χ4v) is 3.03. The van der Waals surface area contributed by atoms with E-state index in [1.54, 1.807) is 0 Å². The third-order valence-corrected chi connectivity index (χ3v) is 4.82. The highest BCUT2D eigenvalue weighted by Crippen LogP contribution is 2.29. The van der Waals surface area contributed by atoms with Crippen LogP contribution in [0.3, 0.4) is 0 Å². The van der Waals surface area contributed by atoms with Crippen molar-refractivity contribution in [3.8, 4) is 5.75 Å². The number of nitro groups is 1. The van der Waals surface area contributed by atoms with Crippen LogP contribution in [0, 0.1) is 22.0 Å². The molecular weight excluding hydrogens is 340 g/mol. The Kier molecular flexibility index (Phi) is 6.94. The number of esters is 1. The number of amides is 1. The molecule has 8 nitrogen and oxygen atoms in total. The minimum atomic E-state index is -0.677. The van der Waals surface area contributed by atoms with Gasteiger partial charge < -0.3 is 14.8 Å². The zero-order chi connectivity index (χ0) is 19.1. The van der Waals surface area contributed by atoms with Gasteiger partial charge in [-0.05, 0) is 30.4 Å². The van der Waals surface area contributed by atoms with E-state index in [0.717, 1.165) is 12.8 Å². The first-order valence-corrected chi connectivity index (χ1v) is 8.69. The lowest BCUT2D eigenvalue weighted by Crippen LogP contribution is -2.45. The van der Waals surface area contributed by atoms with Gasteiger partial charge in [-0.1, -0.05) is 26.7 Å². The Labute approximate surface area is 152 Å². The summed E-state index contributed by atoms with van der Waals surface area (Å²) >= 11 is 0. The molecule has 0 unspecified atom stereocenters. The molecule has 2 rings (SSSR count). The second-order valence-corrected chi connectivity index (χ2v) is 6.64. The zero-order valence-electron chi connectivity index (χ0n) is 15.0. The van der Waals surface area contributed by atoms with Crippen molar-refractivity contribution in [2.75, 3.05) is 13.2 Å². The molecule has 0 bridgehead atoms. The number of nitrogens with one attached hydrogen (secondary N) is 1. The SMILES string of the molecule is C[C@@H]1[C@H](C)CCC[C@H]1NC(=O)COC(=O)COc1ccc([N+](=O)[O-])cc1. The fraction of sp³-hybridized carbons (Fsp3) is 0.556. The van der Waals surface area contributed by atoms with Gasteiger partial charge >= 0.3 is 5.97 Å². The van der Waals surface area contributed by atoms with Gasteiger partial charge in [0.25, 0.3) is 11.6 Å². The molecule has 0 heterocycles. The molecule has 0 spiro atoms. The number of carbonyl (C=O) groups is 2. The largest absolute Gasteiger partial charge is 0.482 e. The summed E-state index contributed by atoms with van der Waals surface area (Å²) in [6.07, 6.45) is 3.19. The van der Waals surface area contributed by atoms with E-state index in [2.05, 4.69) is 19.2 Å². The molecule has 0 aromatic heterocycles. The molecule has 3 atom stereocenters. The van der Waals surface area contributed by atoms with E-state index in [4.69, 9.17) is 9.47 Å². The van der Waals surface area contributed by atoms with Crippen molar-refractivity contribution in [1.29, 1.82) is 0 Å². The molecule has 1 aromatic rings. The number of nitrogens with zero attached hydrogens (tertiary/aromatic N) is 1. The molecular formula is C18H24N2O6. The Morgan fingerprint density at radius 1 is 1.19 bits per heavy atom. The summed E-state index contributed by atoms with van der Waals surface area (Å²) in [5, 5.41) is 13.5. The predicted molar refractivity (Wildman–Crippen MR) is 93.7 cm³/mol. The Hall–Kier alpha value is -2.64. The summed E-state index contributed by atoms with van der Waals surface area (Å²) in [5.74, 6) is 0.269. The highest BCUT2D eigenvalue weighted by Gasteiger charge is 2.28. The van der Waals surface area contributed by atoms with Crippen LogP contribution in [0.15, 0.2) is 24.3 Å². The van der Waals surface area contributed by atoms with Crippen molar-refractivity contribution in [3.05, 3.63) is 34.4 Å². The first-order valence-electron chi connectivity index (χ1n) is 8.69. The molecule has 0 radical (unpaired) electrons. The molecule has 142 valence electrons. The van der Waals surface area contributed by atoms with E-state index >= 15 is 0 Å². The molecule has 8 heteroatoms. The molecule has 1 saturated carbocycles. The van der Waals surface area contributed by atoms with E-state index in [1.165, 1.54) is 30.7 Å². The zero-order valence-corrected chi connectivity index (χ0v) is 15.0. The number of hydrogen-bond acceptors (Lipinski definition) is 6. The van der Waals surface area contributed by atoms with Crippen LogP contribution in [0.25, 0.3) is 0 Å². The van der Waals surface area contributed by atoms with E-state index in [-0.39, 0.29) is 30.9 Å². The molecule has 0 aliphatic heterocycles. The highest BCUT2D eigenvalue weighted by molar-refractivity contribution is 5.81. The van der Waals surface area contributed by atoms with Gasteiger partial charge in [-0.2, -0.15) is 0 Å². The van der Waals surface area contributed by atoms with Crippen molar-refractivity contribution in [2.24, 2.45) is 11.8 Å². The van der Waals surface area contributed by atoms with Gasteiger partial charge in [0.15, 0.2) is 13.2 Å². The monoisotopic (exact) mass is 364 g/mol. The fourth-order valence-electron chi connectivity index (χ4n) is 3.03. The molecule has 1 aromatic carbocycles. The molecule has 1 fully saturated rings. The van der Waals surface area contributed by atoms with Crippen molar-refractivity contribution >= 4 is 17.6 Å². The van der Waals surface area contributed by atoms with Gasteiger partial charge in [0.1, 0.15) is 5.75 Å². The molecule has 26 heavy (non-hydrogen) atoms. The molecule has 1 aliphatic rings. The third kappa shape index (κ3) is 5.72. The van der Waals surface area contributed by atoms with Crippen molar-refractivity contribution < 1.29 is 24.0 Å². The Morgan fingerprint density at radius 2 is 1.88 bits per heavy atom. The maximum atomic E-state index is 12.0. The maximum absolute atomic E-state index is 12.0. The number of carbonyl (C=O) groups excluding carboxylic acids is 2. The van der Waals surface area contributed by atoms with Gasteiger partial charge in [0.2, 0.25) is 0 Å². The normalized spacial score (nSPS) is 22.3.